The van der Waals surface area contributed by atoms with Gasteiger partial charge in [0.15, 0.2) is 0 Å². The second-order valence-electron chi connectivity index (χ2n) is 6.45. The Bertz CT molecular complexity index is 655. The van der Waals surface area contributed by atoms with Gasteiger partial charge in [0.1, 0.15) is 0 Å². The Morgan fingerprint density at radius 1 is 1.24 bits per heavy atom. The van der Waals surface area contributed by atoms with Crippen LogP contribution in [-0.4, -0.2) is 24.7 Å². The van der Waals surface area contributed by atoms with E-state index >= 15 is 0 Å². The fourth-order valence-corrected chi connectivity index (χ4v) is 3.44. The van der Waals surface area contributed by atoms with Gasteiger partial charge in [-0.25, -0.2) is 0 Å². The van der Waals surface area contributed by atoms with Crippen molar-refractivity contribution >= 4 is 32.4 Å². The number of halogens is 1. The molecule has 0 bridgehead atoms. The lowest BCUT2D eigenvalue weighted by atomic mass is 9.93. The summed E-state index contributed by atoms with van der Waals surface area (Å²) < 4.78 is 1.14. The molecule has 2 unspecified atom stereocenters. The Hall–Kier alpha value is -1.06. The number of hydrogen-bond donors (Lipinski definition) is 1. The van der Waals surface area contributed by atoms with Crippen molar-refractivity contribution in [1.82, 2.24) is 5.32 Å². The second kappa shape index (κ2) is 5.62. The number of fused-ring (bicyclic) bond motifs is 1. The van der Waals surface area contributed by atoms with Crippen LogP contribution in [0.3, 0.4) is 0 Å². The lowest BCUT2D eigenvalue weighted by Gasteiger charge is -2.46. The molecule has 0 aliphatic carbocycles. The average Bonchev–Trinajstić information content (AvgIpc) is 2.49. The second-order valence-corrected chi connectivity index (χ2v) is 7.36. The first kappa shape index (κ1) is 14.9. The van der Waals surface area contributed by atoms with Crippen LogP contribution in [0.15, 0.2) is 40.9 Å². The Morgan fingerprint density at radius 3 is 2.71 bits per heavy atom. The Morgan fingerprint density at radius 2 is 1.95 bits per heavy atom. The maximum atomic E-state index is 3.69. The van der Waals surface area contributed by atoms with Gasteiger partial charge in [0.05, 0.1) is 0 Å². The van der Waals surface area contributed by atoms with E-state index < -0.39 is 0 Å². The van der Waals surface area contributed by atoms with Crippen molar-refractivity contribution in [1.29, 1.82) is 0 Å². The number of piperazine rings is 1. The average molecular weight is 347 g/mol. The van der Waals surface area contributed by atoms with Crippen LogP contribution >= 0.6 is 15.9 Å². The van der Waals surface area contributed by atoms with E-state index in [9.17, 15) is 0 Å². The highest BCUT2D eigenvalue weighted by atomic mass is 79.9. The van der Waals surface area contributed by atoms with Crippen molar-refractivity contribution in [2.75, 3.05) is 18.0 Å². The van der Waals surface area contributed by atoms with Crippen molar-refractivity contribution < 1.29 is 0 Å². The van der Waals surface area contributed by atoms with E-state index in [0.29, 0.717) is 6.04 Å². The van der Waals surface area contributed by atoms with Crippen LogP contribution in [-0.2, 0) is 0 Å². The monoisotopic (exact) mass is 346 g/mol. The molecule has 0 saturated carbocycles. The molecule has 0 aromatic heterocycles. The number of rotatable bonds is 2. The normalized spacial score (nSPS) is 26.3. The number of hydrogen-bond acceptors (Lipinski definition) is 2. The summed E-state index contributed by atoms with van der Waals surface area (Å²) >= 11 is 3.54. The van der Waals surface area contributed by atoms with Crippen LogP contribution in [0.2, 0.25) is 0 Å². The van der Waals surface area contributed by atoms with Gasteiger partial charge in [-0.1, -0.05) is 35.0 Å². The molecule has 2 atom stereocenters. The molecule has 112 valence electrons. The molecule has 0 spiro atoms. The number of benzene rings is 2. The van der Waals surface area contributed by atoms with Gasteiger partial charge in [-0.3, -0.25) is 0 Å². The van der Waals surface area contributed by atoms with Gasteiger partial charge in [-0.05, 0) is 55.3 Å². The zero-order valence-corrected chi connectivity index (χ0v) is 14.6. The summed E-state index contributed by atoms with van der Waals surface area (Å²) in [6.07, 6.45) is 1.15. The van der Waals surface area contributed by atoms with Crippen molar-refractivity contribution in [2.45, 2.75) is 38.8 Å². The minimum atomic E-state index is 0.210. The quantitative estimate of drug-likeness (QED) is 0.856. The van der Waals surface area contributed by atoms with Gasteiger partial charge in [0.2, 0.25) is 0 Å². The van der Waals surface area contributed by atoms with Crippen molar-refractivity contribution in [2.24, 2.45) is 0 Å². The molecule has 0 radical (unpaired) electrons. The van der Waals surface area contributed by atoms with Crippen molar-refractivity contribution in [3.63, 3.8) is 0 Å². The number of anilines is 1. The third-order valence-electron chi connectivity index (χ3n) is 4.77. The highest BCUT2D eigenvalue weighted by Gasteiger charge is 2.32. The fourth-order valence-electron chi connectivity index (χ4n) is 3.06. The van der Waals surface area contributed by atoms with E-state index in [1.165, 1.54) is 16.5 Å². The van der Waals surface area contributed by atoms with Gasteiger partial charge in [-0.2, -0.15) is 0 Å². The zero-order chi connectivity index (χ0) is 15.0. The molecule has 1 aliphatic rings. The molecule has 1 fully saturated rings. The Kier molecular flexibility index (Phi) is 3.98. The first-order chi connectivity index (χ1) is 10.0. The predicted molar refractivity (Wildman–Crippen MR) is 95.2 cm³/mol. The summed E-state index contributed by atoms with van der Waals surface area (Å²) in [5.74, 6) is 0. The summed E-state index contributed by atoms with van der Waals surface area (Å²) in [5.41, 5.74) is 1.54. The lowest BCUT2D eigenvalue weighted by Crippen LogP contribution is -2.62. The van der Waals surface area contributed by atoms with Crippen LogP contribution < -0.4 is 10.2 Å². The van der Waals surface area contributed by atoms with Crippen LogP contribution in [0, 0.1) is 0 Å². The SMILES string of the molecule is CCC1(C)CN(c2ccc3cc(Br)ccc3c2)C(C)CN1. The van der Waals surface area contributed by atoms with Gasteiger partial charge in [0.25, 0.3) is 0 Å². The molecular formula is C18H23BrN2. The van der Waals surface area contributed by atoms with Crippen LogP contribution in [0.25, 0.3) is 10.8 Å². The van der Waals surface area contributed by atoms with E-state index in [1.54, 1.807) is 0 Å². The lowest BCUT2D eigenvalue weighted by molar-refractivity contribution is 0.286. The maximum absolute atomic E-state index is 3.69. The predicted octanol–water partition coefficient (Wildman–Crippen LogP) is 4.57. The van der Waals surface area contributed by atoms with E-state index in [0.717, 1.165) is 24.0 Å². The molecule has 2 nitrogen and oxygen atoms in total. The molecule has 1 heterocycles. The molecule has 3 heteroatoms. The maximum Gasteiger partial charge on any atom is 0.0387 e. The molecule has 1 aliphatic heterocycles. The van der Waals surface area contributed by atoms with E-state index in [2.05, 4.69) is 83.3 Å². The standard InChI is InChI=1S/C18H23BrN2/c1-4-18(3)12-21(13(2)11-20-18)17-8-6-14-9-16(19)7-5-15(14)10-17/h5-10,13,20H,4,11-12H2,1-3H3. The van der Waals surface area contributed by atoms with Gasteiger partial charge in [-0.15, -0.1) is 0 Å². The van der Waals surface area contributed by atoms with Gasteiger partial charge < -0.3 is 10.2 Å². The van der Waals surface area contributed by atoms with Gasteiger partial charge >= 0.3 is 0 Å². The highest BCUT2D eigenvalue weighted by Crippen LogP contribution is 2.29. The Labute approximate surface area is 135 Å². The van der Waals surface area contributed by atoms with Crippen molar-refractivity contribution in [3.8, 4) is 0 Å². The number of nitrogens with one attached hydrogen (secondary N) is 1. The van der Waals surface area contributed by atoms with E-state index in [1.807, 2.05) is 0 Å². The third kappa shape index (κ3) is 2.95. The van der Waals surface area contributed by atoms with Crippen molar-refractivity contribution in [3.05, 3.63) is 40.9 Å². The minimum Gasteiger partial charge on any atom is -0.366 e. The largest absolute Gasteiger partial charge is 0.366 e. The minimum absolute atomic E-state index is 0.210. The zero-order valence-electron chi connectivity index (χ0n) is 13.0. The summed E-state index contributed by atoms with van der Waals surface area (Å²) in [6.45, 7) is 8.99. The van der Waals surface area contributed by atoms with Crippen LogP contribution in [0.1, 0.15) is 27.2 Å². The molecule has 2 aromatic rings. The summed E-state index contributed by atoms with van der Waals surface area (Å²) in [4.78, 5) is 2.54. The Balaban J connectivity index is 1.96. The first-order valence-electron chi connectivity index (χ1n) is 7.72. The topological polar surface area (TPSA) is 15.3 Å². The smallest absolute Gasteiger partial charge is 0.0387 e. The summed E-state index contributed by atoms with van der Waals surface area (Å²) in [6, 6.07) is 13.8. The molecular weight excluding hydrogens is 324 g/mol. The highest BCUT2D eigenvalue weighted by molar-refractivity contribution is 9.10. The van der Waals surface area contributed by atoms with Crippen LogP contribution in [0.4, 0.5) is 5.69 Å². The van der Waals surface area contributed by atoms with E-state index in [4.69, 9.17) is 0 Å². The van der Waals surface area contributed by atoms with Crippen LogP contribution in [0.5, 0.6) is 0 Å². The van der Waals surface area contributed by atoms with Gasteiger partial charge in [0, 0.05) is 34.8 Å². The number of nitrogens with zero attached hydrogens (tertiary/aromatic N) is 1. The third-order valence-corrected chi connectivity index (χ3v) is 5.27. The molecule has 3 rings (SSSR count). The molecule has 1 saturated heterocycles. The molecule has 0 amide bonds. The fraction of sp³-hybridized carbons (Fsp3) is 0.444. The molecule has 2 aromatic carbocycles. The first-order valence-corrected chi connectivity index (χ1v) is 8.51. The molecule has 21 heavy (non-hydrogen) atoms. The summed E-state index contributed by atoms with van der Waals surface area (Å²) in [5, 5.41) is 6.28. The summed E-state index contributed by atoms with van der Waals surface area (Å²) in [7, 11) is 0. The molecule has 1 N–H and O–H groups in total. The van der Waals surface area contributed by atoms with E-state index in [-0.39, 0.29) is 5.54 Å².